The first kappa shape index (κ1) is 17.3. The Morgan fingerprint density at radius 1 is 0.917 bits per heavy atom. The van der Waals surface area contributed by atoms with Gasteiger partial charge in [0.15, 0.2) is 0 Å². The van der Waals surface area contributed by atoms with Crippen molar-refractivity contribution in [3.8, 4) is 5.75 Å². The number of nitrogens with zero attached hydrogens (tertiary/aromatic N) is 1. The van der Waals surface area contributed by atoms with Crippen LogP contribution >= 0.6 is 11.8 Å². The number of hydrogen-bond acceptors (Lipinski definition) is 4. The lowest BCUT2D eigenvalue weighted by Crippen LogP contribution is -2.36. The molecule has 0 N–H and O–H groups in total. The molecule has 128 valence electrons. The molecule has 1 aliphatic heterocycles. The number of ether oxygens (including phenoxy) is 2. The molecule has 0 radical (unpaired) electrons. The van der Waals surface area contributed by atoms with Crippen LogP contribution in [-0.2, 0) is 4.74 Å². The lowest BCUT2D eigenvalue weighted by molar-refractivity contribution is 0.0368. The van der Waals surface area contributed by atoms with Crippen molar-refractivity contribution in [2.24, 2.45) is 0 Å². The van der Waals surface area contributed by atoms with Crippen molar-refractivity contribution >= 4 is 11.8 Å². The van der Waals surface area contributed by atoms with Gasteiger partial charge in [0.2, 0.25) is 0 Å². The Morgan fingerprint density at radius 3 is 2.50 bits per heavy atom. The Bertz CT molecular complexity index is 600. The highest BCUT2D eigenvalue weighted by molar-refractivity contribution is 7.99. The summed E-state index contributed by atoms with van der Waals surface area (Å²) in [4.78, 5) is 4.89. The van der Waals surface area contributed by atoms with E-state index >= 15 is 0 Å². The minimum Gasteiger partial charge on any atom is -0.492 e. The van der Waals surface area contributed by atoms with Crippen LogP contribution in [-0.4, -0.2) is 44.4 Å². The van der Waals surface area contributed by atoms with Crippen molar-refractivity contribution in [3.63, 3.8) is 0 Å². The van der Waals surface area contributed by atoms with Gasteiger partial charge in [0.05, 0.1) is 24.7 Å². The molecule has 4 heteroatoms. The average Bonchev–Trinajstić information content (AvgIpc) is 2.64. The Morgan fingerprint density at radius 2 is 1.67 bits per heavy atom. The van der Waals surface area contributed by atoms with E-state index in [0.29, 0.717) is 0 Å². The molecule has 0 spiro atoms. The summed E-state index contributed by atoms with van der Waals surface area (Å²) in [5.41, 5.74) is 0. The van der Waals surface area contributed by atoms with Gasteiger partial charge in [-0.05, 0) is 43.7 Å². The highest BCUT2D eigenvalue weighted by Gasteiger charge is 2.09. The summed E-state index contributed by atoms with van der Waals surface area (Å²) in [5.74, 6) is 0.984. The highest BCUT2D eigenvalue weighted by atomic mass is 32.2. The summed E-state index contributed by atoms with van der Waals surface area (Å²) in [7, 11) is 0. The van der Waals surface area contributed by atoms with Crippen molar-refractivity contribution in [2.45, 2.75) is 22.6 Å². The largest absolute Gasteiger partial charge is 0.492 e. The molecule has 24 heavy (non-hydrogen) atoms. The minimum absolute atomic E-state index is 0.775. The maximum absolute atomic E-state index is 6.03. The standard InChI is InChI=1S/C20H25NO2S/c1-2-8-18(9-3-1)24-20-11-5-4-10-19(20)23-15-7-6-12-21-13-16-22-17-14-21/h1-5,8-11H,6-7,12-17H2. The fourth-order valence-corrected chi connectivity index (χ4v) is 3.63. The first-order valence-electron chi connectivity index (χ1n) is 8.67. The van der Waals surface area contributed by atoms with E-state index in [-0.39, 0.29) is 0 Å². The van der Waals surface area contributed by atoms with Gasteiger partial charge in [0.1, 0.15) is 5.75 Å². The van der Waals surface area contributed by atoms with E-state index in [1.165, 1.54) is 16.2 Å². The first-order chi connectivity index (χ1) is 11.9. The predicted octanol–water partition coefficient (Wildman–Crippen LogP) is 4.33. The second-order valence-electron chi connectivity index (χ2n) is 5.87. The first-order valence-corrected chi connectivity index (χ1v) is 9.48. The smallest absolute Gasteiger partial charge is 0.133 e. The number of hydrogen-bond donors (Lipinski definition) is 0. The molecule has 0 bridgehead atoms. The van der Waals surface area contributed by atoms with E-state index in [9.17, 15) is 0 Å². The molecule has 2 aromatic rings. The normalized spacial score (nSPS) is 15.3. The van der Waals surface area contributed by atoms with Crippen LogP contribution in [0.1, 0.15) is 12.8 Å². The van der Waals surface area contributed by atoms with Gasteiger partial charge in [-0.25, -0.2) is 0 Å². The molecular formula is C20H25NO2S. The number of para-hydroxylation sites is 1. The zero-order valence-electron chi connectivity index (χ0n) is 14.0. The van der Waals surface area contributed by atoms with Gasteiger partial charge in [0, 0.05) is 18.0 Å². The number of unbranched alkanes of at least 4 members (excludes halogenated alkanes) is 1. The second-order valence-corrected chi connectivity index (χ2v) is 6.99. The van der Waals surface area contributed by atoms with E-state index in [2.05, 4.69) is 47.4 Å². The number of rotatable bonds is 8. The van der Waals surface area contributed by atoms with Crippen molar-refractivity contribution in [1.82, 2.24) is 4.90 Å². The van der Waals surface area contributed by atoms with Crippen LogP contribution < -0.4 is 4.74 Å². The molecule has 1 aliphatic rings. The van der Waals surface area contributed by atoms with Crippen molar-refractivity contribution in [3.05, 3.63) is 54.6 Å². The van der Waals surface area contributed by atoms with Crippen LogP contribution in [0.2, 0.25) is 0 Å². The average molecular weight is 343 g/mol. The third-order valence-electron chi connectivity index (χ3n) is 4.05. The zero-order valence-corrected chi connectivity index (χ0v) is 14.8. The fourth-order valence-electron chi connectivity index (χ4n) is 2.71. The van der Waals surface area contributed by atoms with Crippen LogP contribution in [0.15, 0.2) is 64.4 Å². The minimum atomic E-state index is 0.775. The Hall–Kier alpha value is -1.49. The molecule has 0 aromatic heterocycles. The molecule has 1 heterocycles. The van der Waals surface area contributed by atoms with Gasteiger partial charge in [-0.1, -0.05) is 42.1 Å². The third kappa shape index (κ3) is 5.55. The third-order valence-corrected chi connectivity index (χ3v) is 5.12. The molecule has 3 rings (SSSR count). The SMILES string of the molecule is c1ccc(Sc2ccccc2OCCCCN2CCOCC2)cc1. The topological polar surface area (TPSA) is 21.7 Å². The summed E-state index contributed by atoms with van der Waals surface area (Å²) in [6, 6.07) is 18.7. The molecule has 0 unspecified atom stereocenters. The van der Waals surface area contributed by atoms with Crippen molar-refractivity contribution in [1.29, 1.82) is 0 Å². The number of benzene rings is 2. The van der Waals surface area contributed by atoms with E-state index in [0.717, 1.165) is 51.6 Å². The van der Waals surface area contributed by atoms with Crippen molar-refractivity contribution in [2.75, 3.05) is 39.5 Å². The van der Waals surface area contributed by atoms with E-state index in [1.54, 1.807) is 11.8 Å². The molecule has 3 nitrogen and oxygen atoms in total. The van der Waals surface area contributed by atoms with E-state index < -0.39 is 0 Å². The monoisotopic (exact) mass is 343 g/mol. The molecule has 0 aliphatic carbocycles. The number of morpholine rings is 1. The Labute approximate surface area is 149 Å². The predicted molar refractivity (Wildman–Crippen MR) is 99.0 cm³/mol. The maximum atomic E-state index is 6.03. The van der Waals surface area contributed by atoms with Gasteiger partial charge in [0.25, 0.3) is 0 Å². The Kier molecular flexibility index (Phi) is 7.02. The lowest BCUT2D eigenvalue weighted by Gasteiger charge is -2.26. The summed E-state index contributed by atoms with van der Waals surface area (Å²) < 4.78 is 11.4. The zero-order chi connectivity index (χ0) is 16.5. The van der Waals surface area contributed by atoms with E-state index in [4.69, 9.17) is 9.47 Å². The van der Waals surface area contributed by atoms with Gasteiger partial charge < -0.3 is 9.47 Å². The summed E-state index contributed by atoms with van der Waals surface area (Å²) in [5, 5.41) is 0. The molecular weight excluding hydrogens is 318 g/mol. The van der Waals surface area contributed by atoms with Crippen molar-refractivity contribution < 1.29 is 9.47 Å². The van der Waals surface area contributed by atoms with Gasteiger partial charge >= 0.3 is 0 Å². The molecule has 0 atom stereocenters. The highest BCUT2D eigenvalue weighted by Crippen LogP contribution is 2.34. The van der Waals surface area contributed by atoms with Crippen LogP contribution in [0.3, 0.4) is 0 Å². The lowest BCUT2D eigenvalue weighted by atomic mass is 10.3. The van der Waals surface area contributed by atoms with Crippen LogP contribution in [0.25, 0.3) is 0 Å². The van der Waals surface area contributed by atoms with Crippen LogP contribution in [0, 0.1) is 0 Å². The maximum Gasteiger partial charge on any atom is 0.133 e. The van der Waals surface area contributed by atoms with E-state index in [1.807, 2.05) is 12.1 Å². The van der Waals surface area contributed by atoms with Crippen LogP contribution in [0.5, 0.6) is 5.75 Å². The summed E-state index contributed by atoms with van der Waals surface area (Å²) in [6.07, 6.45) is 2.26. The quantitative estimate of drug-likeness (QED) is 0.665. The van der Waals surface area contributed by atoms with Gasteiger partial charge in [-0.3, -0.25) is 4.90 Å². The molecule has 0 amide bonds. The summed E-state index contributed by atoms with van der Waals surface area (Å²) >= 11 is 1.75. The fraction of sp³-hybridized carbons (Fsp3) is 0.400. The Balaban J connectivity index is 1.43. The molecule has 1 fully saturated rings. The van der Waals surface area contributed by atoms with Crippen LogP contribution in [0.4, 0.5) is 0 Å². The molecule has 2 aromatic carbocycles. The second kappa shape index (κ2) is 9.72. The summed E-state index contributed by atoms with van der Waals surface area (Å²) in [6.45, 7) is 5.81. The van der Waals surface area contributed by atoms with Gasteiger partial charge in [-0.2, -0.15) is 0 Å². The van der Waals surface area contributed by atoms with Gasteiger partial charge in [-0.15, -0.1) is 0 Å². The molecule has 1 saturated heterocycles. The molecule has 0 saturated carbocycles.